The van der Waals surface area contributed by atoms with E-state index in [-0.39, 0.29) is 5.56 Å². The van der Waals surface area contributed by atoms with Crippen LogP contribution in [-0.2, 0) is 6.54 Å². The number of primary amides is 1. The van der Waals surface area contributed by atoms with Gasteiger partial charge in [0.25, 0.3) is 5.91 Å². The minimum absolute atomic E-state index is 0.267. The van der Waals surface area contributed by atoms with Crippen molar-refractivity contribution < 1.29 is 9.59 Å². The van der Waals surface area contributed by atoms with E-state index in [1.807, 2.05) is 37.4 Å². The van der Waals surface area contributed by atoms with Crippen LogP contribution in [0.15, 0.2) is 54.7 Å². The fraction of sp³-hybridized carbons (Fsp3) is 0.111. The summed E-state index contributed by atoms with van der Waals surface area (Å²) in [5, 5.41) is 6.46. The molecule has 24 heavy (non-hydrogen) atoms. The molecule has 0 saturated carbocycles. The van der Waals surface area contributed by atoms with Gasteiger partial charge in [-0.1, -0.05) is 30.3 Å². The van der Waals surface area contributed by atoms with Crippen molar-refractivity contribution in [3.8, 4) is 0 Å². The smallest absolute Gasteiger partial charge is 0.323 e. The van der Waals surface area contributed by atoms with Gasteiger partial charge in [0.15, 0.2) is 0 Å². The van der Waals surface area contributed by atoms with E-state index in [0.717, 1.165) is 17.4 Å². The first kappa shape index (κ1) is 15.6. The highest BCUT2D eigenvalue weighted by Gasteiger charge is 2.13. The van der Waals surface area contributed by atoms with Gasteiger partial charge in [0.05, 0.1) is 22.5 Å². The third kappa shape index (κ3) is 2.94. The normalized spacial score (nSPS) is 10.5. The summed E-state index contributed by atoms with van der Waals surface area (Å²) in [6.07, 6.45) is 1.89. The molecule has 2 aromatic carbocycles. The Kier molecular flexibility index (Phi) is 4.20. The molecule has 0 aliphatic heterocycles. The molecule has 0 fully saturated rings. The van der Waals surface area contributed by atoms with Crippen LogP contribution in [-0.4, -0.2) is 16.5 Å². The maximum absolute atomic E-state index is 12.3. The summed E-state index contributed by atoms with van der Waals surface area (Å²) in [5.41, 5.74) is 7.73. The zero-order valence-corrected chi connectivity index (χ0v) is 13.2. The number of rotatable bonds is 4. The first-order valence-electron chi connectivity index (χ1n) is 7.65. The standard InChI is InChI=1S/C18H18N4O2/c1-2-22-11-15(12-7-4-6-10-16(12)22)21-18(24)20-14-9-5-3-8-13(14)17(19)23/h3-11H,2H2,1H3,(H2,19,23)(H2,20,21,24). The van der Waals surface area contributed by atoms with Crippen molar-refractivity contribution in [2.24, 2.45) is 5.73 Å². The number of anilines is 2. The van der Waals surface area contributed by atoms with Crippen LogP contribution in [0.2, 0.25) is 0 Å². The van der Waals surface area contributed by atoms with Gasteiger partial charge in [-0.3, -0.25) is 4.79 Å². The number of amides is 3. The Morgan fingerprint density at radius 3 is 2.42 bits per heavy atom. The number of nitrogens with zero attached hydrogens (tertiary/aromatic N) is 1. The average Bonchev–Trinajstić information content (AvgIpc) is 2.93. The van der Waals surface area contributed by atoms with Crippen LogP contribution in [0, 0.1) is 0 Å². The molecule has 0 aliphatic rings. The lowest BCUT2D eigenvalue weighted by Gasteiger charge is -2.09. The topological polar surface area (TPSA) is 89.2 Å². The van der Waals surface area contributed by atoms with Gasteiger partial charge in [-0.2, -0.15) is 0 Å². The molecule has 0 bridgehead atoms. The number of carbonyl (C=O) groups is 2. The Morgan fingerprint density at radius 2 is 1.67 bits per heavy atom. The van der Waals surface area contributed by atoms with Crippen molar-refractivity contribution in [3.63, 3.8) is 0 Å². The van der Waals surface area contributed by atoms with E-state index < -0.39 is 11.9 Å². The fourth-order valence-corrected chi connectivity index (χ4v) is 2.69. The quantitative estimate of drug-likeness (QED) is 0.687. The molecule has 0 aliphatic carbocycles. The molecule has 0 radical (unpaired) electrons. The van der Waals surface area contributed by atoms with E-state index in [0.29, 0.717) is 11.4 Å². The van der Waals surface area contributed by atoms with Crippen LogP contribution in [0.25, 0.3) is 10.9 Å². The monoisotopic (exact) mass is 322 g/mol. The number of hydrogen-bond donors (Lipinski definition) is 3. The van der Waals surface area contributed by atoms with E-state index in [9.17, 15) is 9.59 Å². The maximum Gasteiger partial charge on any atom is 0.323 e. The van der Waals surface area contributed by atoms with Crippen molar-refractivity contribution in [1.29, 1.82) is 0 Å². The highest BCUT2D eigenvalue weighted by molar-refractivity contribution is 6.09. The number of carbonyl (C=O) groups excluding carboxylic acids is 2. The third-order valence-corrected chi connectivity index (χ3v) is 3.82. The van der Waals surface area contributed by atoms with E-state index >= 15 is 0 Å². The van der Waals surface area contributed by atoms with Crippen LogP contribution < -0.4 is 16.4 Å². The Bertz CT molecular complexity index is 914. The molecular formula is C18H18N4O2. The summed E-state index contributed by atoms with van der Waals surface area (Å²) in [6, 6.07) is 14.0. The molecule has 6 nitrogen and oxygen atoms in total. The number of fused-ring (bicyclic) bond motifs is 1. The fourth-order valence-electron chi connectivity index (χ4n) is 2.69. The molecule has 1 heterocycles. The van der Waals surface area contributed by atoms with Gasteiger partial charge in [0, 0.05) is 18.1 Å². The summed E-state index contributed by atoms with van der Waals surface area (Å²) in [5.74, 6) is -0.589. The van der Waals surface area contributed by atoms with Gasteiger partial charge in [-0.05, 0) is 25.1 Å². The number of para-hydroxylation sites is 2. The molecule has 3 amide bonds. The third-order valence-electron chi connectivity index (χ3n) is 3.82. The van der Waals surface area contributed by atoms with Gasteiger partial charge >= 0.3 is 6.03 Å². The Labute approximate surface area is 139 Å². The second-order valence-corrected chi connectivity index (χ2v) is 5.33. The second-order valence-electron chi connectivity index (χ2n) is 5.33. The number of urea groups is 1. The van der Waals surface area contributed by atoms with Gasteiger partial charge < -0.3 is 20.9 Å². The van der Waals surface area contributed by atoms with Crippen molar-refractivity contribution in [1.82, 2.24) is 4.57 Å². The zero-order valence-electron chi connectivity index (χ0n) is 13.2. The SMILES string of the molecule is CCn1cc(NC(=O)Nc2ccccc2C(N)=O)c2ccccc21. The lowest BCUT2D eigenvalue weighted by Crippen LogP contribution is -2.22. The summed E-state index contributed by atoms with van der Waals surface area (Å²) in [4.78, 5) is 23.7. The number of nitrogens with two attached hydrogens (primary N) is 1. The van der Waals surface area contributed by atoms with Crippen LogP contribution in [0.1, 0.15) is 17.3 Å². The summed E-state index contributed by atoms with van der Waals surface area (Å²) >= 11 is 0. The maximum atomic E-state index is 12.3. The largest absolute Gasteiger partial charge is 0.366 e. The van der Waals surface area contributed by atoms with Gasteiger partial charge in [0.1, 0.15) is 0 Å². The number of nitrogens with one attached hydrogen (secondary N) is 2. The molecule has 122 valence electrons. The molecule has 4 N–H and O–H groups in total. The molecule has 0 unspecified atom stereocenters. The average molecular weight is 322 g/mol. The summed E-state index contributed by atoms with van der Waals surface area (Å²) < 4.78 is 2.06. The number of aryl methyl sites for hydroxylation is 1. The molecule has 3 aromatic rings. The van der Waals surface area contributed by atoms with Crippen LogP contribution >= 0.6 is 0 Å². The number of benzene rings is 2. The van der Waals surface area contributed by atoms with Gasteiger partial charge in [0.2, 0.25) is 0 Å². The van der Waals surface area contributed by atoms with E-state index in [2.05, 4.69) is 15.2 Å². The van der Waals surface area contributed by atoms with E-state index in [1.165, 1.54) is 0 Å². The molecule has 0 saturated heterocycles. The zero-order chi connectivity index (χ0) is 17.1. The van der Waals surface area contributed by atoms with Crippen molar-refractivity contribution in [2.75, 3.05) is 10.6 Å². The molecule has 1 aromatic heterocycles. The molecule has 0 atom stereocenters. The van der Waals surface area contributed by atoms with Crippen molar-refractivity contribution in [2.45, 2.75) is 13.5 Å². The van der Waals surface area contributed by atoms with E-state index in [4.69, 9.17) is 5.73 Å². The molecule has 6 heteroatoms. The van der Waals surface area contributed by atoms with Gasteiger partial charge in [-0.25, -0.2) is 4.79 Å². The van der Waals surface area contributed by atoms with E-state index in [1.54, 1.807) is 24.3 Å². The Balaban J connectivity index is 1.85. The molecular weight excluding hydrogens is 304 g/mol. The van der Waals surface area contributed by atoms with Crippen LogP contribution in [0.4, 0.5) is 16.2 Å². The lowest BCUT2D eigenvalue weighted by atomic mass is 10.1. The Hall–Kier alpha value is -3.28. The highest BCUT2D eigenvalue weighted by atomic mass is 16.2. The van der Waals surface area contributed by atoms with Crippen molar-refractivity contribution >= 4 is 34.2 Å². The van der Waals surface area contributed by atoms with Crippen LogP contribution in [0.3, 0.4) is 0 Å². The van der Waals surface area contributed by atoms with Crippen LogP contribution in [0.5, 0.6) is 0 Å². The molecule has 0 spiro atoms. The second kappa shape index (κ2) is 6.45. The summed E-state index contributed by atoms with van der Waals surface area (Å²) in [7, 11) is 0. The predicted octanol–water partition coefficient (Wildman–Crippen LogP) is 3.40. The first-order valence-corrected chi connectivity index (χ1v) is 7.65. The first-order chi connectivity index (χ1) is 11.6. The Morgan fingerprint density at radius 1 is 1.00 bits per heavy atom. The molecule has 3 rings (SSSR count). The van der Waals surface area contributed by atoms with Crippen molar-refractivity contribution in [3.05, 3.63) is 60.3 Å². The lowest BCUT2D eigenvalue weighted by molar-refractivity contribution is 0.100. The number of hydrogen-bond acceptors (Lipinski definition) is 2. The van der Waals surface area contributed by atoms with Gasteiger partial charge in [-0.15, -0.1) is 0 Å². The minimum atomic E-state index is -0.589. The summed E-state index contributed by atoms with van der Waals surface area (Å²) in [6.45, 7) is 2.84. The highest BCUT2D eigenvalue weighted by Crippen LogP contribution is 2.26. The predicted molar refractivity (Wildman–Crippen MR) is 95.2 cm³/mol. The number of aromatic nitrogens is 1. The minimum Gasteiger partial charge on any atom is -0.366 e.